The van der Waals surface area contributed by atoms with Gasteiger partial charge in [-0.25, -0.2) is 4.39 Å². The summed E-state index contributed by atoms with van der Waals surface area (Å²) in [5.41, 5.74) is 1.21. The fourth-order valence-electron chi connectivity index (χ4n) is 4.18. The number of benzene rings is 3. The van der Waals surface area contributed by atoms with Crippen LogP contribution in [0.1, 0.15) is 22.7 Å². The number of aryl methyl sites for hydroxylation is 1. The summed E-state index contributed by atoms with van der Waals surface area (Å²) in [7, 11) is 2.82. The van der Waals surface area contributed by atoms with E-state index in [1.165, 1.54) is 31.4 Å². The molecule has 2 atom stereocenters. The quantitative estimate of drug-likeness (QED) is 0.351. The number of β-lactam (4-membered cyclic amide) rings is 1. The largest absolute Gasteiger partial charge is 0.497 e. The zero-order valence-corrected chi connectivity index (χ0v) is 17.5. The lowest BCUT2D eigenvalue weighted by Gasteiger charge is -2.54. The molecule has 3 aromatic carbocycles. The van der Waals surface area contributed by atoms with Gasteiger partial charge in [-0.2, -0.15) is 0 Å². The van der Waals surface area contributed by atoms with Gasteiger partial charge in [-0.05, 0) is 54.4 Å². The van der Waals surface area contributed by atoms with E-state index in [-0.39, 0.29) is 0 Å². The lowest BCUT2D eigenvalue weighted by Crippen LogP contribution is -2.70. The first-order valence-corrected chi connectivity index (χ1v) is 9.82. The van der Waals surface area contributed by atoms with E-state index < -0.39 is 29.2 Å². The van der Waals surface area contributed by atoms with Crippen molar-refractivity contribution < 1.29 is 23.5 Å². The van der Waals surface area contributed by atoms with E-state index >= 15 is 0 Å². The Hall–Kier alpha value is -3.67. The number of carbonyl (C=O) groups is 2. The predicted octanol–water partition coefficient (Wildman–Crippen LogP) is 4.34. The highest BCUT2D eigenvalue weighted by Gasteiger charge is 2.68. The number of esters is 1. The van der Waals surface area contributed by atoms with E-state index in [1.807, 2.05) is 43.3 Å². The monoisotopic (exact) mass is 419 g/mol. The molecule has 0 saturated carbocycles. The van der Waals surface area contributed by atoms with Gasteiger partial charge in [-0.1, -0.05) is 42.0 Å². The zero-order valence-electron chi connectivity index (χ0n) is 17.5. The van der Waals surface area contributed by atoms with Crippen LogP contribution in [0.15, 0.2) is 72.8 Å². The summed E-state index contributed by atoms with van der Waals surface area (Å²) in [6.45, 7) is 1.96. The van der Waals surface area contributed by atoms with Gasteiger partial charge in [-0.3, -0.25) is 9.59 Å². The molecule has 0 aliphatic carbocycles. The van der Waals surface area contributed by atoms with Gasteiger partial charge in [0.1, 0.15) is 11.6 Å². The smallest absolute Gasteiger partial charge is 0.328 e. The number of methoxy groups -OCH3 is 2. The highest BCUT2D eigenvalue weighted by atomic mass is 19.1. The number of amides is 1. The molecule has 1 heterocycles. The van der Waals surface area contributed by atoms with Gasteiger partial charge in [0.2, 0.25) is 0 Å². The van der Waals surface area contributed by atoms with Crippen LogP contribution in [0, 0.1) is 12.7 Å². The van der Waals surface area contributed by atoms with E-state index in [4.69, 9.17) is 9.47 Å². The third-order valence-electron chi connectivity index (χ3n) is 5.78. The molecule has 0 unspecified atom stereocenters. The third-order valence-corrected chi connectivity index (χ3v) is 5.78. The molecule has 31 heavy (non-hydrogen) atoms. The van der Waals surface area contributed by atoms with Gasteiger partial charge in [-0.15, -0.1) is 0 Å². The molecule has 3 aromatic rings. The van der Waals surface area contributed by atoms with Gasteiger partial charge in [0.25, 0.3) is 5.91 Å². The number of hydrogen-bond acceptors (Lipinski definition) is 4. The predicted molar refractivity (Wildman–Crippen MR) is 114 cm³/mol. The minimum atomic E-state index is -1.62. The molecule has 1 fully saturated rings. The molecule has 0 aromatic heterocycles. The number of anilines is 1. The molecule has 0 spiro atoms. The number of nitrogens with zero attached hydrogens (tertiary/aromatic N) is 1. The van der Waals surface area contributed by atoms with Crippen LogP contribution in [0.25, 0.3) is 0 Å². The summed E-state index contributed by atoms with van der Waals surface area (Å²) < 4.78 is 24.0. The van der Waals surface area contributed by atoms with Gasteiger partial charge in [0.05, 0.1) is 20.3 Å². The Morgan fingerprint density at radius 3 is 2.10 bits per heavy atom. The average Bonchev–Trinajstić information content (AvgIpc) is 2.80. The topological polar surface area (TPSA) is 55.8 Å². The maximum Gasteiger partial charge on any atom is 0.328 e. The first kappa shape index (κ1) is 20.6. The highest BCUT2D eigenvalue weighted by Crippen LogP contribution is 2.54. The molecule has 1 amide bonds. The summed E-state index contributed by atoms with van der Waals surface area (Å²) in [5, 5.41) is 0. The normalized spacial score (nSPS) is 20.2. The number of carbonyl (C=O) groups excluding carboxylic acids is 2. The molecule has 6 heteroatoms. The Bertz CT molecular complexity index is 1110. The molecule has 158 valence electrons. The highest BCUT2D eigenvalue weighted by molar-refractivity contribution is 6.22. The molecule has 0 radical (unpaired) electrons. The Kier molecular flexibility index (Phi) is 5.23. The number of rotatable bonds is 5. The van der Waals surface area contributed by atoms with Crippen molar-refractivity contribution in [2.24, 2.45) is 0 Å². The van der Waals surface area contributed by atoms with Crippen LogP contribution in [0.3, 0.4) is 0 Å². The number of hydrogen-bond donors (Lipinski definition) is 0. The van der Waals surface area contributed by atoms with Crippen molar-refractivity contribution in [3.63, 3.8) is 0 Å². The molecule has 1 saturated heterocycles. The molecule has 1 aliphatic rings. The second-order valence-corrected chi connectivity index (χ2v) is 7.49. The molecule has 4 rings (SSSR count). The van der Waals surface area contributed by atoms with Crippen LogP contribution in [-0.4, -0.2) is 26.1 Å². The summed E-state index contributed by atoms with van der Waals surface area (Å²) >= 11 is 0. The Morgan fingerprint density at radius 2 is 1.55 bits per heavy atom. The van der Waals surface area contributed by atoms with Gasteiger partial charge < -0.3 is 14.4 Å². The van der Waals surface area contributed by atoms with Crippen LogP contribution in [0.2, 0.25) is 0 Å². The van der Waals surface area contributed by atoms with Crippen molar-refractivity contribution in [1.82, 2.24) is 0 Å². The minimum absolute atomic E-state index is 0.384. The van der Waals surface area contributed by atoms with Gasteiger partial charge >= 0.3 is 5.97 Å². The molecule has 0 N–H and O–H groups in total. The van der Waals surface area contributed by atoms with Crippen LogP contribution in [-0.2, 0) is 19.7 Å². The summed E-state index contributed by atoms with van der Waals surface area (Å²) in [6, 6.07) is 19.4. The fourth-order valence-corrected chi connectivity index (χ4v) is 4.18. The molecule has 5 nitrogen and oxygen atoms in total. The second-order valence-electron chi connectivity index (χ2n) is 7.49. The number of halogens is 1. The second kappa shape index (κ2) is 7.87. The van der Waals surface area contributed by atoms with Crippen molar-refractivity contribution in [2.45, 2.75) is 18.4 Å². The summed E-state index contributed by atoms with van der Waals surface area (Å²) in [4.78, 5) is 28.4. The van der Waals surface area contributed by atoms with Crippen molar-refractivity contribution in [1.29, 1.82) is 0 Å². The van der Waals surface area contributed by atoms with E-state index in [0.29, 0.717) is 17.0 Å². The van der Waals surface area contributed by atoms with Gasteiger partial charge in [0.15, 0.2) is 5.41 Å². The molecular formula is C25H22FNO4. The first-order valence-electron chi connectivity index (χ1n) is 9.82. The SMILES string of the molecule is COC(=O)[C@]1(c2ccc(F)cc2)C(=O)N(c2ccc(C)cc2)[C@@H]1c1ccc(OC)cc1. The van der Waals surface area contributed by atoms with Crippen LogP contribution in [0.5, 0.6) is 5.75 Å². The summed E-state index contributed by atoms with van der Waals surface area (Å²) in [5.74, 6) is -0.905. The Balaban J connectivity index is 1.92. The van der Waals surface area contributed by atoms with Crippen LogP contribution < -0.4 is 9.64 Å². The molecule has 1 aliphatic heterocycles. The van der Waals surface area contributed by atoms with Crippen molar-refractivity contribution in [2.75, 3.05) is 19.1 Å². The minimum Gasteiger partial charge on any atom is -0.497 e. The standard InChI is InChI=1S/C25H22FNO4/c1-16-4-12-20(13-5-16)27-22(17-6-14-21(30-2)15-7-17)25(23(27)28,24(29)31-3)18-8-10-19(26)11-9-18/h4-15,22H,1-3H3/t22-,25+/m1/s1. The molecule has 0 bridgehead atoms. The number of ether oxygens (including phenoxy) is 2. The first-order chi connectivity index (χ1) is 14.9. The zero-order chi connectivity index (χ0) is 22.2. The van der Waals surface area contributed by atoms with Crippen molar-refractivity contribution in [3.8, 4) is 5.75 Å². The molecular weight excluding hydrogens is 397 g/mol. The van der Waals surface area contributed by atoms with Crippen LogP contribution >= 0.6 is 0 Å². The van der Waals surface area contributed by atoms with Crippen molar-refractivity contribution in [3.05, 3.63) is 95.3 Å². The van der Waals surface area contributed by atoms with E-state index in [0.717, 1.165) is 11.1 Å². The van der Waals surface area contributed by atoms with Gasteiger partial charge in [0, 0.05) is 5.69 Å². The van der Waals surface area contributed by atoms with E-state index in [1.54, 1.807) is 24.1 Å². The third kappa shape index (κ3) is 3.15. The summed E-state index contributed by atoms with van der Waals surface area (Å²) in [6.07, 6.45) is 0. The Morgan fingerprint density at radius 1 is 0.935 bits per heavy atom. The van der Waals surface area contributed by atoms with E-state index in [9.17, 15) is 14.0 Å². The maximum absolute atomic E-state index is 13.7. The van der Waals surface area contributed by atoms with Crippen LogP contribution in [0.4, 0.5) is 10.1 Å². The lowest BCUT2D eigenvalue weighted by atomic mass is 9.63. The van der Waals surface area contributed by atoms with Crippen molar-refractivity contribution >= 4 is 17.6 Å². The average molecular weight is 419 g/mol. The fraction of sp³-hybridized carbons (Fsp3) is 0.200. The Labute approximate surface area is 180 Å². The van der Waals surface area contributed by atoms with E-state index in [2.05, 4.69) is 0 Å². The maximum atomic E-state index is 13.7. The lowest BCUT2D eigenvalue weighted by molar-refractivity contribution is -0.158.